The maximum Gasteiger partial charge on any atom is 0.332 e. The summed E-state index contributed by atoms with van der Waals surface area (Å²) in [7, 11) is 2.95. The number of nitrogens with one attached hydrogen (secondary N) is 1. The van der Waals surface area contributed by atoms with Crippen LogP contribution in [0.1, 0.15) is 16.1 Å². The summed E-state index contributed by atoms with van der Waals surface area (Å²) < 4.78 is 4.19. The molecule has 1 aromatic carbocycles. The largest absolute Gasteiger partial charge is 0.358 e. The molecular formula is C18H16BrN5O3. The first kappa shape index (κ1) is 17.5. The number of aromatic nitrogens is 5. The summed E-state index contributed by atoms with van der Waals surface area (Å²) >= 11 is 3.32. The molecule has 9 heteroatoms. The predicted molar refractivity (Wildman–Crippen MR) is 105 cm³/mol. The van der Waals surface area contributed by atoms with Gasteiger partial charge in [-0.25, -0.2) is 9.78 Å². The van der Waals surface area contributed by atoms with Gasteiger partial charge in [-0.15, -0.1) is 0 Å². The molecule has 27 heavy (non-hydrogen) atoms. The first-order valence-electron chi connectivity index (χ1n) is 8.23. The lowest BCUT2D eigenvalue weighted by Gasteiger charge is -2.09. The van der Waals surface area contributed by atoms with Gasteiger partial charge in [-0.3, -0.25) is 23.3 Å². The number of halogens is 1. The van der Waals surface area contributed by atoms with Crippen molar-refractivity contribution in [3.05, 3.63) is 61.1 Å². The second-order valence-electron chi connectivity index (χ2n) is 6.44. The van der Waals surface area contributed by atoms with E-state index in [-0.39, 0.29) is 17.8 Å². The Labute approximate surface area is 161 Å². The van der Waals surface area contributed by atoms with Gasteiger partial charge in [0.05, 0.1) is 6.54 Å². The Morgan fingerprint density at radius 3 is 2.63 bits per heavy atom. The van der Waals surface area contributed by atoms with Gasteiger partial charge in [-0.05, 0) is 28.9 Å². The third-order valence-corrected chi connectivity index (χ3v) is 5.37. The number of carbonyl (C=O) groups excluding carboxylic acids is 1. The van der Waals surface area contributed by atoms with E-state index in [1.165, 1.54) is 11.6 Å². The van der Waals surface area contributed by atoms with Gasteiger partial charge in [0.25, 0.3) is 5.56 Å². The maximum atomic E-state index is 13.1. The van der Waals surface area contributed by atoms with E-state index >= 15 is 0 Å². The molecule has 0 saturated heterocycles. The van der Waals surface area contributed by atoms with Gasteiger partial charge in [0.15, 0.2) is 21.7 Å². The highest BCUT2D eigenvalue weighted by molar-refractivity contribution is 9.10. The monoisotopic (exact) mass is 429 g/mol. The van der Waals surface area contributed by atoms with E-state index in [0.717, 1.165) is 21.2 Å². The van der Waals surface area contributed by atoms with Crippen molar-refractivity contribution in [2.45, 2.75) is 13.5 Å². The summed E-state index contributed by atoms with van der Waals surface area (Å²) in [5, 5.41) is 0.838. The zero-order valence-electron chi connectivity index (χ0n) is 14.9. The Morgan fingerprint density at radius 1 is 1.19 bits per heavy atom. The molecule has 0 fully saturated rings. The van der Waals surface area contributed by atoms with Crippen molar-refractivity contribution in [3.8, 4) is 0 Å². The molecule has 1 N–H and O–H groups in total. The van der Waals surface area contributed by atoms with Crippen LogP contribution in [-0.4, -0.2) is 29.5 Å². The van der Waals surface area contributed by atoms with Crippen LogP contribution >= 0.6 is 15.9 Å². The van der Waals surface area contributed by atoms with Crippen LogP contribution in [0.5, 0.6) is 0 Å². The fraction of sp³-hybridized carbons (Fsp3) is 0.222. The van der Waals surface area contributed by atoms with Crippen molar-refractivity contribution < 1.29 is 4.79 Å². The molecule has 0 amide bonds. The van der Waals surface area contributed by atoms with Crippen LogP contribution in [0.2, 0.25) is 0 Å². The van der Waals surface area contributed by atoms with E-state index in [0.29, 0.717) is 15.9 Å². The quantitative estimate of drug-likeness (QED) is 0.397. The van der Waals surface area contributed by atoms with Crippen LogP contribution in [0.25, 0.3) is 22.1 Å². The molecule has 0 bridgehead atoms. The predicted octanol–water partition coefficient (Wildman–Crippen LogP) is 1.87. The number of carbonyl (C=O) groups is 1. The first-order valence-corrected chi connectivity index (χ1v) is 9.02. The minimum Gasteiger partial charge on any atom is -0.358 e. The van der Waals surface area contributed by atoms with Crippen LogP contribution in [0.15, 0.2) is 38.6 Å². The number of hydrogen-bond donors (Lipinski definition) is 1. The van der Waals surface area contributed by atoms with E-state index in [1.54, 1.807) is 11.6 Å². The SMILES string of the molecule is Cc1[nH]c2ccccc2c1C(=O)Cn1c(Br)nc2c(=O)n(C)c(=O)n(C)c21. The second kappa shape index (κ2) is 6.05. The number of rotatable bonds is 3. The average Bonchev–Trinajstić information content (AvgIpc) is 3.14. The average molecular weight is 430 g/mol. The van der Waals surface area contributed by atoms with Crippen molar-refractivity contribution in [2.24, 2.45) is 14.1 Å². The van der Waals surface area contributed by atoms with Crippen molar-refractivity contribution >= 4 is 43.8 Å². The van der Waals surface area contributed by atoms with E-state index in [1.807, 2.05) is 31.2 Å². The molecule has 138 valence electrons. The Balaban J connectivity index is 1.90. The van der Waals surface area contributed by atoms with E-state index in [4.69, 9.17) is 0 Å². The highest BCUT2D eigenvalue weighted by Crippen LogP contribution is 2.24. The number of Topliss-reactive ketones (excluding diaryl/α,β-unsaturated/α-hetero) is 1. The Hall–Kier alpha value is -2.94. The van der Waals surface area contributed by atoms with Crippen LogP contribution < -0.4 is 11.2 Å². The van der Waals surface area contributed by atoms with Crippen LogP contribution in [0, 0.1) is 6.92 Å². The molecule has 0 aliphatic carbocycles. The lowest BCUT2D eigenvalue weighted by atomic mass is 10.1. The summed E-state index contributed by atoms with van der Waals surface area (Å²) in [6, 6.07) is 7.58. The van der Waals surface area contributed by atoms with Crippen molar-refractivity contribution in [1.82, 2.24) is 23.7 Å². The minimum atomic E-state index is -0.497. The van der Waals surface area contributed by atoms with E-state index in [2.05, 4.69) is 25.9 Å². The second-order valence-corrected chi connectivity index (χ2v) is 7.15. The molecule has 4 rings (SSSR count). The van der Waals surface area contributed by atoms with Crippen molar-refractivity contribution in [2.75, 3.05) is 0 Å². The van der Waals surface area contributed by atoms with E-state index in [9.17, 15) is 14.4 Å². The number of fused-ring (bicyclic) bond motifs is 2. The molecule has 3 aromatic heterocycles. The summed E-state index contributed by atoms with van der Waals surface area (Å²) in [5.41, 5.74) is 1.71. The molecule has 0 radical (unpaired) electrons. The molecule has 0 saturated carbocycles. The lowest BCUT2D eigenvalue weighted by molar-refractivity contribution is 0.0973. The van der Waals surface area contributed by atoms with Gasteiger partial charge in [-0.1, -0.05) is 18.2 Å². The number of imidazole rings is 1. The zero-order chi connectivity index (χ0) is 19.5. The van der Waals surface area contributed by atoms with Crippen molar-refractivity contribution in [1.29, 1.82) is 0 Å². The molecular weight excluding hydrogens is 414 g/mol. The van der Waals surface area contributed by atoms with Gasteiger partial charge >= 0.3 is 5.69 Å². The third-order valence-electron chi connectivity index (χ3n) is 4.77. The van der Waals surface area contributed by atoms with Crippen molar-refractivity contribution in [3.63, 3.8) is 0 Å². The van der Waals surface area contributed by atoms with Crippen LogP contribution in [-0.2, 0) is 20.6 Å². The highest BCUT2D eigenvalue weighted by Gasteiger charge is 2.22. The Kier molecular flexibility index (Phi) is 3.92. The van der Waals surface area contributed by atoms with E-state index < -0.39 is 11.2 Å². The summed E-state index contributed by atoms with van der Waals surface area (Å²) in [6.45, 7) is 1.79. The summed E-state index contributed by atoms with van der Waals surface area (Å²) in [6.07, 6.45) is 0. The smallest absolute Gasteiger partial charge is 0.332 e. The number of nitrogens with zero attached hydrogens (tertiary/aromatic N) is 4. The fourth-order valence-electron chi connectivity index (χ4n) is 3.46. The molecule has 0 atom stereocenters. The van der Waals surface area contributed by atoms with Gasteiger partial charge in [0, 0.05) is 36.3 Å². The first-order chi connectivity index (χ1) is 12.8. The topological polar surface area (TPSA) is 94.7 Å². The van der Waals surface area contributed by atoms with Gasteiger partial charge < -0.3 is 4.98 Å². The maximum absolute atomic E-state index is 13.1. The Morgan fingerprint density at radius 2 is 1.89 bits per heavy atom. The minimum absolute atomic E-state index is 0.0553. The number of para-hydroxylation sites is 1. The normalized spacial score (nSPS) is 11.6. The number of ketones is 1. The third kappa shape index (κ3) is 2.49. The zero-order valence-corrected chi connectivity index (χ0v) is 16.5. The highest BCUT2D eigenvalue weighted by atomic mass is 79.9. The molecule has 3 heterocycles. The molecule has 0 unspecified atom stereocenters. The number of benzene rings is 1. The molecule has 0 aliphatic heterocycles. The van der Waals surface area contributed by atoms with Crippen LogP contribution in [0.3, 0.4) is 0 Å². The fourth-order valence-corrected chi connectivity index (χ4v) is 3.93. The number of hydrogen-bond acceptors (Lipinski definition) is 4. The number of aryl methyl sites for hydroxylation is 2. The Bertz CT molecular complexity index is 1360. The molecule has 0 spiro atoms. The molecule has 0 aliphatic rings. The molecule has 4 aromatic rings. The number of H-pyrrole nitrogens is 1. The van der Waals surface area contributed by atoms with Gasteiger partial charge in [0.2, 0.25) is 0 Å². The standard InChI is InChI=1S/C18H16BrN5O3/c1-9-13(10-6-4-5-7-11(10)20-9)12(25)8-24-15-14(21-17(24)19)16(26)23(3)18(27)22(15)2/h4-7,20H,8H2,1-3H3. The lowest BCUT2D eigenvalue weighted by Crippen LogP contribution is -2.37. The van der Waals surface area contributed by atoms with Gasteiger partial charge in [0.1, 0.15) is 0 Å². The number of aromatic amines is 1. The molecule has 8 nitrogen and oxygen atoms in total. The van der Waals surface area contributed by atoms with Gasteiger partial charge in [-0.2, -0.15) is 0 Å². The summed E-state index contributed by atoms with van der Waals surface area (Å²) in [5.74, 6) is -0.141. The summed E-state index contributed by atoms with van der Waals surface area (Å²) in [4.78, 5) is 45.2. The van der Waals surface area contributed by atoms with Crippen LogP contribution in [0.4, 0.5) is 0 Å².